The topological polar surface area (TPSA) is 26.0 Å². The van der Waals surface area contributed by atoms with Crippen LogP contribution in [-0.2, 0) is 0 Å². The Hall–Kier alpha value is -0.120. The lowest BCUT2D eigenvalue weighted by Crippen LogP contribution is -2.42. The van der Waals surface area contributed by atoms with Gasteiger partial charge in [0.1, 0.15) is 0 Å². The predicted octanol–water partition coefficient (Wildman–Crippen LogP) is 0.898. The van der Waals surface area contributed by atoms with Crippen LogP contribution in [0.2, 0.25) is 0 Å². The highest BCUT2D eigenvalue weighted by Crippen LogP contribution is 2.04. The third-order valence-corrected chi connectivity index (χ3v) is 2.81. The van der Waals surface area contributed by atoms with Crippen molar-refractivity contribution in [3.8, 4) is 0 Å². The summed E-state index contributed by atoms with van der Waals surface area (Å²) in [5.74, 6) is 0. The zero-order chi connectivity index (χ0) is 11.9. The molecular weight excluding hydrogens is 186 g/mol. The number of hydrogen-bond acceptors (Lipinski definition) is 1. The van der Waals surface area contributed by atoms with Crippen molar-refractivity contribution in [2.75, 3.05) is 61.4 Å². The van der Waals surface area contributed by atoms with E-state index in [2.05, 4.69) is 35.2 Å². The molecule has 0 fully saturated rings. The summed E-state index contributed by atoms with van der Waals surface area (Å²) in [5, 5.41) is 0. The van der Waals surface area contributed by atoms with E-state index < -0.39 is 0 Å². The van der Waals surface area contributed by atoms with Crippen molar-refractivity contribution in [1.29, 1.82) is 0 Å². The number of quaternary nitrogens is 2. The van der Waals surface area contributed by atoms with Crippen molar-refractivity contribution in [2.45, 2.75) is 19.3 Å². The molecule has 0 aromatic rings. The molecule has 2 N–H and O–H groups in total. The average Bonchev–Trinajstić information content (AvgIpc) is 2.08. The van der Waals surface area contributed by atoms with E-state index in [-0.39, 0.29) is 0 Å². The minimum absolute atomic E-state index is 0.820. The standard InChI is InChI=1S/C12H31N3/c1-14(2,3)10-6-7-11-15(4,5)12-8-9-13/h6-13H2,1-5H3/q+2. The molecule has 0 heterocycles. The summed E-state index contributed by atoms with van der Waals surface area (Å²) in [6.07, 6.45) is 3.79. The van der Waals surface area contributed by atoms with E-state index >= 15 is 0 Å². The number of nitrogens with zero attached hydrogens (tertiary/aromatic N) is 2. The molecule has 0 aromatic heterocycles. The number of nitrogens with two attached hydrogens (primary N) is 1. The molecule has 0 unspecified atom stereocenters. The van der Waals surface area contributed by atoms with Crippen molar-refractivity contribution in [2.24, 2.45) is 5.73 Å². The first-order valence-corrected chi connectivity index (χ1v) is 6.09. The highest BCUT2D eigenvalue weighted by molar-refractivity contribution is 4.42. The summed E-state index contributed by atoms with van der Waals surface area (Å²) in [6.45, 7) is 4.58. The molecule has 0 radical (unpaired) electrons. The summed E-state index contributed by atoms with van der Waals surface area (Å²) < 4.78 is 2.20. The van der Waals surface area contributed by atoms with Gasteiger partial charge in [-0.25, -0.2) is 0 Å². The van der Waals surface area contributed by atoms with Crippen molar-refractivity contribution in [3.63, 3.8) is 0 Å². The monoisotopic (exact) mass is 217 g/mol. The fraction of sp³-hybridized carbons (Fsp3) is 1.00. The second-order valence-electron chi connectivity index (χ2n) is 6.25. The maximum absolute atomic E-state index is 5.54. The van der Waals surface area contributed by atoms with E-state index in [9.17, 15) is 0 Å². The molecule has 0 amide bonds. The Morgan fingerprint density at radius 2 is 1.20 bits per heavy atom. The van der Waals surface area contributed by atoms with E-state index in [1.165, 1.54) is 32.5 Å². The van der Waals surface area contributed by atoms with Crippen LogP contribution in [0.15, 0.2) is 0 Å². The van der Waals surface area contributed by atoms with Crippen LogP contribution in [0.25, 0.3) is 0 Å². The maximum atomic E-state index is 5.54. The highest BCUT2D eigenvalue weighted by Gasteiger charge is 2.14. The lowest BCUT2D eigenvalue weighted by atomic mass is 10.2. The molecule has 0 aliphatic rings. The molecule has 92 valence electrons. The first-order valence-electron chi connectivity index (χ1n) is 6.09. The van der Waals surface area contributed by atoms with Gasteiger partial charge in [-0.15, -0.1) is 0 Å². The smallest absolute Gasteiger partial charge is 0.0794 e. The molecule has 0 aliphatic heterocycles. The van der Waals surface area contributed by atoms with Crippen LogP contribution in [-0.4, -0.2) is 70.4 Å². The third-order valence-electron chi connectivity index (χ3n) is 2.81. The van der Waals surface area contributed by atoms with Gasteiger partial charge in [0, 0.05) is 19.3 Å². The van der Waals surface area contributed by atoms with E-state index in [1.807, 2.05) is 0 Å². The predicted molar refractivity (Wildman–Crippen MR) is 67.6 cm³/mol. The minimum Gasteiger partial charge on any atom is -0.331 e. The lowest BCUT2D eigenvalue weighted by molar-refractivity contribution is -0.892. The molecule has 0 saturated carbocycles. The van der Waals surface area contributed by atoms with Crippen molar-refractivity contribution < 1.29 is 8.97 Å². The first-order chi connectivity index (χ1) is 6.77. The molecule has 0 saturated heterocycles. The van der Waals surface area contributed by atoms with Crippen LogP contribution in [0.1, 0.15) is 19.3 Å². The van der Waals surface area contributed by atoms with Crippen LogP contribution < -0.4 is 5.73 Å². The third kappa shape index (κ3) is 10.2. The summed E-state index contributed by atoms with van der Waals surface area (Å²) in [5.41, 5.74) is 5.54. The largest absolute Gasteiger partial charge is 0.331 e. The van der Waals surface area contributed by atoms with Crippen molar-refractivity contribution in [3.05, 3.63) is 0 Å². The van der Waals surface area contributed by atoms with Gasteiger partial charge in [-0.3, -0.25) is 0 Å². The molecule has 3 nitrogen and oxygen atoms in total. The molecular formula is C12H31N3+2. The molecule has 0 bridgehead atoms. The molecule has 15 heavy (non-hydrogen) atoms. The Bertz CT molecular complexity index is 159. The summed E-state index contributed by atoms with van der Waals surface area (Å²) in [7, 11) is 11.4. The normalized spacial score (nSPS) is 13.2. The van der Waals surface area contributed by atoms with E-state index in [0.29, 0.717) is 0 Å². The Morgan fingerprint density at radius 3 is 1.67 bits per heavy atom. The van der Waals surface area contributed by atoms with Gasteiger partial charge >= 0.3 is 0 Å². The van der Waals surface area contributed by atoms with Crippen molar-refractivity contribution >= 4 is 0 Å². The van der Waals surface area contributed by atoms with Crippen LogP contribution in [0.4, 0.5) is 0 Å². The quantitative estimate of drug-likeness (QED) is 0.474. The van der Waals surface area contributed by atoms with Crippen LogP contribution in [0.5, 0.6) is 0 Å². The molecule has 3 heteroatoms. The van der Waals surface area contributed by atoms with Gasteiger partial charge in [0.25, 0.3) is 0 Å². The maximum Gasteiger partial charge on any atom is 0.0794 e. The van der Waals surface area contributed by atoms with E-state index in [0.717, 1.165) is 21.9 Å². The van der Waals surface area contributed by atoms with Gasteiger partial charge in [0.2, 0.25) is 0 Å². The second kappa shape index (κ2) is 6.46. The SMILES string of the molecule is C[N+](C)(C)CCCC[N+](C)(C)CCCN. The van der Waals surface area contributed by atoms with Gasteiger partial charge in [-0.1, -0.05) is 0 Å². The van der Waals surface area contributed by atoms with Gasteiger partial charge in [-0.2, -0.15) is 0 Å². The Morgan fingerprint density at radius 1 is 0.733 bits per heavy atom. The zero-order valence-corrected chi connectivity index (χ0v) is 11.4. The highest BCUT2D eigenvalue weighted by atomic mass is 15.3. The average molecular weight is 217 g/mol. The fourth-order valence-corrected chi connectivity index (χ4v) is 1.76. The zero-order valence-electron chi connectivity index (χ0n) is 11.4. The first kappa shape index (κ1) is 14.9. The number of hydrogen-bond donors (Lipinski definition) is 1. The summed E-state index contributed by atoms with van der Waals surface area (Å²) >= 11 is 0. The fourth-order valence-electron chi connectivity index (χ4n) is 1.76. The Kier molecular flexibility index (Phi) is 6.41. The van der Waals surface area contributed by atoms with Crippen molar-refractivity contribution in [1.82, 2.24) is 0 Å². The van der Waals surface area contributed by atoms with Gasteiger partial charge in [-0.05, 0) is 6.54 Å². The molecule has 0 atom stereocenters. The number of unbranched alkanes of at least 4 members (excludes halogenated alkanes) is 1. The van der Waals surface area contributed by atoms with Gasteiger partial charge < -0.3 is 14.7 Å². The Labute approximate surface area is 96.0 Å². The van der Waals surface area contributed by atoms with Gasteiger partial charge in [0.15, 0.2) is 0 Å². The summed E-state index contributed by atoms with van der Waals surface area (Å²) in [4.78, 5) is 0. The minimum atomic E-state index is 0.820. The van der Waals surface area contributed by atoms with Gasteiger partial charge in [0.05, 0.1) is 54.9 Å². The van der Waals surface area contributed by atoms with Crippen LogP contribution >= 0.6 is 0 Å². The summed E-state index contributed by atoms with van der Waals surface area (Å²) in [6, 6.07) is 0. The van der Waals surface area contributed by atoms with E-state index in [1.54, 1.807) is 0 Å². The second-order valence-corrected chi connectivity index (χ2v) is 6.25. The lowest BCUT2D eigenvalue weighted by Gasteiger charge is -2.30. The Balaban J connectivity index is 3.57. The molecule has 0 aliphatic carbocycles. The van der Waals surface area contributed by atoms with Crippen LogP contribution in [0, 0.1) is 0 Å². The molecule has 0 rings (SSSR count). The molecule has 0 aromatic carbocycles. The molecule has 0 spiro atoms. The number of rotatable bonds is 8. The van der Waals surface area contributed by atoms with E-state index in [4.69, 9.17) is 5.73 Å². The van der Waals surface area contributed by atoms with Crippen LogP contribution in [0.3, 0.4) is 0 Å².